The molecule has 1 atom stereocenters. The molecular formula is C12H16FNO3S. The summed E-state index contributed by atoms with van der Waals surface area (Å²) in [6, 6.07) is 4.06. The summed E-state index contributed by atoms with van der Waals surface area (Å²) in [4.78, 5) is 10.6. The number of rotatable bonds is 7. The third-order valence-electron chi connectivity index (χ3n) is 2.38. The van der Waals surface area contributed by atoms with E-state index in [-0.39, 0.29) is 5.56 Å². The molecule has 0 amide bonds. The normalized spacial score (nSPS) is 12.3. The van der Waals surface area contributed by atoms with Crippen molar-refractivity contribution in [2.45, 2.75) is 13.0 Å². The zero-order valence-corrected chi connectivity index (χ0v) is 10.9. The highest BCUT2D eigenvalue weighted by Gasteiger charge is 2.09. The molecule has 0 bridgehead atoms. The lowest BCUT2D eigenvalue weighted by atomic mass is 10.1. The molecule has 0 aliphatic heterocycles. The van der Waals surface area contributed by atoms with E-state index in [9.17, 15) is 13.4 Å². The number of halogens is 1. The lowest BCUT2D eigenvalue weighted by Gasteiger charge is -2.05. The van der Waals surface area contributed by atoms with Crippen LogP contribution in [0.4, 0.5) is 4.39 Å². The van der Waals surface area contributed by atoms with Crippen LogP contribution in [-0.4, -0.2) is 33.8 Å². The molecule has 0 aliphatic carbocycles. The van der Waals surface area contributed by atoms with E-state index in [0.29, 0.717) is 24.4 Å². The number of carboxylic acids is 1. The molecule has 0 fully saturated rings. The van der Waals surface area contributed by atoms with E-state index in [2.05, 4.69) is 5.32 Å². The minimum atomic E-state index is -1.27. The smallest absolute Gasteiger partial charge is 0.338 e. The van der Waals surface area contributed by atoms with Gasteiger partial charge in [-0.2, -0.15) is 0 Å². The van der Waals surface area contributed by atoms with Crippen LogP contribution in [0.3, 0.4) is 0 Å². The Morgan fingerprint density at radius 1 is 1.50 bits per heavy atom. The van der Waals surface area contributed by atoms with E-state index in [4.69, 9.17) is 5.11 Å². The van der Waals surface area contributed by atoms with Gasteiger partial charge >= 0.3 is 5.97 Å². The average molecular weight is 273 g/mol. The van der Waals surface area contributed by atoms with Crippen molar-refractivity contribution in [1.82, 2.24) is 5.32 Å². The van der Waals surface area contributed by atoms with Crippen molar-refractivity contribution in [2.75, 3.05) is 18.6 Å². The highest BCUT2D eigenvalue weighted by atomic mass is 32.2. The molecule has 0 saturated heterocycles. The maximum atomic E-state index is 13.3. The van der Waals surface area contributed by atoms with Crippen LogP contribution in [0.15, 0.2) is 18.2 Å². The molecule has 2 N–H and O–H groups in total. The van der Waals surface area contributed by atoms with Crippen LogP contribution in [0.2, 0.25) is 0 Å². The first kappa shape index (κ1) is 14.8. The Hall–Kier alpha value is -1.27. The topological polar surface area (TPSA) is 66.4 Å². The van der Waals surface area contributed by atoms with E-state index in [1.807, 2.05) is 0 Å². The van der Waals surface area contributed by atoms with E-state index < -0.39 is 22.6 Å². The number of carbonyl (C=O) groups is 1. The number of benzene rings is 1. The Labute approximate surface area is 108 Å². The first-order chi connectivity index (χ1) is 8.50. The molecule has 0 spiro atoms. The molecule has 1 aromatic carbocycles. The molecule has 1 aromatic rings. The van der Waals surface area contributed by atoms with Crippen LogP contribution in [0.25, 0.3) is 0 Å². The van der Waals surface area contributed by atoms with E-state index in [0.717, 1.165) is 6.42 Å². The molecule has 1 unspecified atom stereocenters. The lowest BCUT2D eigenvalue weighted by Crippen LogP contribution is -2.17. The van der Waals surface area contributed by atoms with Gasteiger partial charge < -0.3 is 10.4 Å². The van der Waals surface area contributed by atoms with Crippen LogP contribution in [-0.2, 0) is 17.3 Å². The molecule has 0 aliphatic rings. The molecule has 18 heavy (non-hydrogen) atoms. The molecule has 100 valence electrons. The Balaban J connectivity index is 2.42. The molecular weight excluding hydrogens is 257 g/mol. The van der Waals surface area contributed by atoms with E-state index in [1.165, 1.54) is 12.1 Å². The molecule has 0 heterocycles. The number of aromatic carboxylic acids is 1. The number of hydrogen-bond donors (Lipinski definition) is 2. The second-order valence-corrected chi connectivity index (χ2v) is 5.48. The molecule has 0 saturated carbocycles. The lowest BCUT2D eigenvalue weighted by molar-refractivity contribution is 0.0692. The molecule has 1 rings (SSSR count). The molecule has 4 nitrogen and oxygen atoms in total. The van der Waals surface area contributed by atoms with Crippen molar-refractivity contribution in [1.29, 1.82) is 0 Å². The Kier molecular flexibility index (Phi) is 5.94. The zero-order valence-electron chi connectivity index (χ0n) is 10.1. The zero-order chi connectivity index (χ0) is 13.5. The van der Waals surface area contributed by atoms with Gasteiger partial charge in [0.2, 0.25) is 0 Å². The van der Waals surface area contributed by atoms with Gasteiger partial charge in [-0.1, -0.05) is 6.07 Å². The second kappa shape index (κ2) is 7.23. The summed E-state index contributed by atoms with van der Waals surface area (Å²) in [5, 5.41) is 11.8. The van der Waals surface area contributed by atoms with Gasteiger partial charge in [0.1, 0.15) is 5.82 Å². The quantitative estimate of drug-likeness (QED) is 0.737. The van der Waals surface area contributed by atoms with Gasteiger partial charge in [0, 0.05) is 29.4 Å². The summed E-state index contributed by atoms with van der Waals surface area (Å²) in [6.07, 6.45) is 2.44. The minimum Gasteiger partial charge on any atom is -0.478 e. The SMILES string of the molecule is CS(=O)CCCNCc1ccc(C(=O)O)c(F)c1. The van der Waals surface area contributed by atoms with Crippen LogP contribution < -0.4 is 5.32 Å². The van der Waals surface area contributed by atoms with Crippen molar-refractivity contribution in [3.8, 4) is 0 Å². The third kappa shape index (κ3) is 4.93. The second-order valence-electron chi connectivity index (χ2n) is 3.93. The Morgan fingerprint density at radius 3 is 2.78 bits per heavy atom. The fourth-order valence-corrected chi connectivity index (χ4v) is 2.03. The summed E-state index contributed by atoms with van der Waals surface area (Å²) < 4.78 is 24.1. The Morgan fingerprint density at radius 2 is 2.22 bits per heavy atom. The van der Waals surface area contributed by atoms with Crippen molar-refractivity contribution in [3.05, 3.63) is 35.1 Å². The number of carboxylic acid groups (broad SMARTS) is 1. The van der Waals surface area contributed by atoms with E-state index >= 15 is 0 Å². The Bertz CT molecular complexity index is 451. The van der Waals surface area contributed by atoms with Crippen LogP contribution in [0, 0.1) is 5.82 Å². The van der Waals surface area contributed by atoms with Gasteiger partial charge in [0.05, 0.1) is 5.56 Å². The van der Waals surface area contributed by atoms with Gasteiger partial charge in [-0.3, -0.25) is 4.21 Å². The van der Waals surface area contributed by atoms with Crippen molar-refractivity contribution >= 4 is 16.8 Å². The van der Waals surface area contributed by atoms with Crippen LogP contribution in [0.5, 0.6) is 0 Å². The third-order valence-corrected chi connectivity index (χ3v) is 3.24. The summed E-state index contributed by atoms with van der Waals surface area (Å²) >= 11 is 0. The molecule has 6 heteroatoms. The predicted octanol–water partition coefficient (Wildman–Crippen LogP) is 1.38. The van der Waals surface area contributed by atoms with Gasteiger partial charge in [0.25, 0.3) is 0 Å². The van der Waals surface area contributed by atoms with Gasteiger partial charge in [0.15, 0.2) is 0 Å². The summed E-state index contributed by atoms with van der Waals surface area (Å²) in [5.74, 6) is -1.35. The van der Waals surface area contributed by atoms with Gasteiger partial charge in [-0.05, 0) is 30.7 Å². The van der Waals surface area contributed by atoms with Crippen molar-refractivity contribution in [3.63, 3.8) is 0 Å². The first-order valence-corrected chi connectivity index (χ1v) is 7.26. The summed E-state index contributed by atoms with van der Waals surface area (Å²) in [7, 11) is -0.791. The number of hydrogen-bond acceptors (Lipinski definition) is 3. The fourth-order valence-electron chi connectivity index (χ4n) is 1.48. The van der Waals surface area contributed by atoms with Crippen molar-refractivity contribution < 1.29 is 18.5 Å². The standard InChI is InChI=1S/C12H16FNO3S/c1-18(17)6-2-5-14-8-9-3-4-10(12(15)16)11(13)7-9/h3-4,7,14H,2,5-6,8H2,1H3,(H,15,16). The maximum Gasteiger partial charge on any atom is 0.338 e. The predicted molar refractivity (Wildman–Crippen MR) is 68.6 cm³/mol. The highest BCUT2D eigenvalue weighted by Crippen LogP contribution is 2.10. The molecule has 0 radical (unpaired) electrons. The van der Waals surface area contributed by atoms with Gasteiger partial charge in [-0.25, -0.2) is 9.18 Å². The largest absolute Gasteiger partial charge is 0.478 e. The average Bonchev–Trinajstić information content (AvgIpc) is 2.27. The van der Waals surface area contributed by atoms with Crippen molar-refractivity contribution in [2.24, 2.45) is 0 Å². The maximum absolute atomic E-state index is 13.3. The van der Waals surface area contributed by atoms with Gasteiger partial charge in [-0.15, -0.1) is 0 Å². The minimum absolute atomic E-state index is 0.319. The number of nitrogens with one attached hydrogen (secondary N) is 1. The highest BCUT2D eigenvalue weighted by molar-refractivity contribution is 7.84. The summed E-state index contributed by atoms with van der Waals surface area (Å²) in [5.41, 5.74) is 0.371. The summed E-state index contributed by atoms with van der Waals surface area (Å²) in [6.45, 7) is 1.16. The van der Waals surface area contributed by atoms with Crippen LogP contribution >= 0.6 is 0 Å². The monoisotopic (exact) mass is 273 g/mol. The molecule has 0 aromatic heterocycles. The first-order valence-electron chi connectivity index (χ1n) is 5.53. The fraction of sp³-hybridized carbons (Fsp3) is 0.417. The van der Waals surface area contributed by atoms with E-state index in [1.54, 1.807) is 12.3 Å². The van der Waals surface area contributed by atoms with Crippen LogP contribution in [0.1, 0.15) is 22.3 Å².